The molecular formula is C10H15N3O6. The van der Waals surface area contributed by atoms with Crippen LogP contribution in [0.5, 0.6) is 0 Å². The summed E-state index contributed by atoms with van der Waals surface area (Å²) >= 11 is 0. The number of aliphatic hydroxyl groups is 3. The van der Waals surface area contributed by atoms with Gasteiger partial charge in [-0.25, -0.2) is 4.79 Å². The second-order valence-corrected chi connectivity index (χ2v) is 4.30. The molecule has 1 aliphatic heterocycles. The first-order chi connectivity index (χ1) is 8.99. The molecule has 9 nitrogen and oxygen atoms in total. The van der Waals surface area contributed by atoms with Crippen molar-refractivity contribution in [2.24, 2.45) is 0 Å². The molecule has 2 heterocycles. The average Bonchev–Trinajstić information content (AvgIpc) is 2.68. The van der Waals surface area contributed by atoms with Crippen LogP contribution in [0.15, 0.2) is 11.0 Å². The van der Waals surface area contributed by atoms with Crippen LogP contribution < -0.4 is 11.2 Å². The minimum atomic E-state index is -1.36. The van der Waals surface area contributed by atoms with Gasteiger partial charge in [-0.15, -0.1) is 0 Å². The minimum Gasteiger partial charge on any atom is -0.394 e. The van der Waals surface area contributed by atoms with Gasteiger partial charge in [-0.05, 0) is 6.92 Å². The summed E-state index contributed by atoms with van der Waals surface area (Å²) in [6.45, 7) is 1.11. The van der Waals surface area contributed by atoms with Crippen molar-refractivity contribution in [3.05, 3.63) is 22.2 Å². The molecule has 4 atom stereocenters. The van der Waals surface area contributed by atoms with Gasteiger partial charge in [-0.1, -0.05) is 0 Å². The van der Waals surface area contributed by atoms with Gasteiger partial charge in [0.15, 0.2) is 12.0 Å². The van der Waals surface area contributed by atoms with E-state index in [1.807, 2.05) is 0 Å². The maximum absolute atomic E-state index is 11.8. The van der Waals surface area contributed by atoms with Gasteiger partial charge in [0, 0.05) is 11.8 Å². The number of rotatable bonds is 3. The van der Waals surface area contributed by atoms with Crippen molar-refractivity contribution in [2.75, 3.05) is 12.1 Å². The highest BCUT2D eigenvalue weighted by atomic mass is 16.6. The molecule has 1 unspecified atom stereocenters. The molecule has 0 bridgehead atoms. The molecule has 2 rings (SSSR count). The van der Waals surface area contributed by atoms with Crippen LogP contribution in [0, 0.1) is 6.92 Å². The Balaban J connectivity index is 2.38. The van der Waals surface area contributed by atoms with Crippen molar-refractivity contribution in [3.63, 3.8) is 0 Å². The molecule has 0 saturated carbocycles. The zero-order valence-electron chi connectivity index (χ0n) is 10.1. The van der Waals surface area contributed by atoms with Crippen LogP contribution in [0.4, 0.5) is 5.82 Å². The summed E-state index contributed by atoms with van der Waals surface area (Å²) in [4.78, 5) is 15.3. The Labute approximate surface area is 107 Å². The van der Waals surface area contributed by atoms with Crippen molar-refractivity contribution in [1.82, 2.24) is 9.55 Å². The molecule has 1 aliphatic rings. The molecule has 1 fully saturated rings. The molecule has 9 heteroatoms. The number of aliphatic hydroxyl groups excluding tert-OH is 3. The average molecular weight is 273 g/mol. The summed E-state index contributed by atoms with van der Waals surface area (Å²) in [7, 11) is 0. The van der Waals surface area contributed by atoms with Crippen LogP contribution in [0.2, 0.25) is 0 Å². The van der Waals surface area contributed by atoms with Crippen LogP contribution in [-0.2, 0) is 4.74 Å². The number of nitrogens with zero attached hydrogens (tertiary/aromatic N) is 2. The lowest BCUT2D eigenvalue weighted by Gasteiger charge is -2.18. The third kappa shape index (κ3) is 2.33. The Hall–Kier alpha value is -1.52. The fourth-order valence-electron chi connectivity index (χ4n) is 1.97. The molecule has 106 valence electrons. The van der Waals surface area contributed by atoms with Gasteiger partial charge in [0.05, 0.1) is 6.61 Å². The highest BCUT2D eigenvalue weighted by Crippen LogP contribution is 2.28. The SMILES string of the molecule is Cc1cn([C@@H]2O[C@H](CO)[C@H](O)C2O)c(=O)nc1NO. The first kappa shape index (κ1) is 13.9. The van der Waals surface area contributed by atoms with Crippen molar-refractivity contribution >= 4 is 5.82 Å². The molecule has 1 aromatic rings. The van der Waals surface area contributed by atoms with Crippen LogP contribution in [0.25, 0.3) is 0 Å². The van der Waals surface area contributed by atoms with Gasteiger partial charge >= 0.3 is 5.69 Å². The van der Waals surface area contributed by atoms with Crippen molar-refractivity contribution in [2.45, 2.75) is 31.5 Å². The molecule has 0 amide bonds. The Bertz CT molecular complexity index is 518. The van der Waals surface area contributed by atoms with E-state index in [0.717, 1.165) is 4.57 Å². The normalized spacial score (nSPS) is 30.6. The Morgan fingerprint density at radius 3 is 2.68 bits per heavy atom. The fraction of sp³-hybridized carbons (Fsp3) is 0.600. The van der Waals surface area contributed by atoms with Crippen LogP contribution >= 0.6 is 0 Å². The lowest BCUT2D eigenvalue weighted by Crippen LogP contribution is -2.36. The summed E-state index contributed by atoms with van der Waals surface area (Å²) < 4.78 is 6.22. The van der Waals surface area contributed by atoms with E-state index in [2.05, 4.69) is 4.98 Å². The molecule has 1 saturated heterocycles. The fourth-order valence-corrected chi connectivity index (χ4v) is 1.97. The van der Waals surface area contributed by atoms with Crippen molar-refractivity contribution in [3.8, 4) is 0 Å². The predicted molar refractivity (Wildman–Crippen MR) is 61.7 cm³/mol. The van der Waals surface area contributed by atoms with E-state index in [1.54, 1.807) is 12.4 Å². The molecule has 0 spiro atoms. The Morgan fingerprint density at radius 2 is 2.16 bits per heavy atom. The topological polar surface area (TPSA) is 137 Å². The predicted octanol–water partition coefficient (Wildman–Crippen LogP) is -2.04. The molecule has 0 radical (unpaired) electrons. The lowest BCUT2D eigenvalue weighted by molar-refractivity contribution is -0.0550. The zero-order chi connectivity index (χ0) is 14.2. The van der Waals surface area contributed by atoms with Gasteiger partial charge in [0.1, 0.15) is 18.3 Å². The first-order valence-electron chi connectivity index (χ1n) is 5.62. The molecule has 1 aromatic heterocycles. The Morgan fingerprint density at radius 1 is 1.47 bits per heavy atom. The largest absolute Gasteiger partial charge is 0.394 e. The molecule has 0 aliphatic carbocycles. The lowest BCUT2D eigenvalue weighted by atomic mass is 10.1. The summed E-state index contributed by atoms with van der Waals surface area (Å²) in [5, 5.41) is 37.2. The number of nitrogens with one attached hydrogen (secondary N) is 1. The van der Waals surface area contributed by atoms with E-state index in [1.165, 1.54) is 6.20 Å². The summed E-state index contributed by atoms with van der Waals surface area (Å²) in [5.41, 5.74) is 1.45. The van der Waals surface area contributed by atoms with E-state index < -0.39 is 36.8 Å². The summed E-state index contributed by atoms with van der Waals surface area (Å²) in [6, 6.07) is 0. The maximum Gasteiger partial charge on any atom is 0.351 e. The first-order valence-corrected chi connectivity index (χ1v) is 5.62. The van der Waals surface area contributed by atoms with E-state index in [4.69, 9.17) is 15.1 Å². The summed E-state index contributed by atoms with van der Waals surface area (Å²) in [5.74, 6) is -0.00649. The molecular weight excluding hydrogens is 258 g/mol. The molecule has 19 heavy (non-hydrogen) atoms. The van der Waals surface area contributed by atoms with E-state index in [0.29, 0.717) is 5.56 Å². The van der Waals surface area contributed by atoms with E-state index in [9.17, 15) is 15.0 Å². The highest BCUT2D eigenvalue weighted by molar-refractivity contribution is 5.38. The standard InChI is InChI=1S/C10H15N3O6/c1-4-2-13(10(17)11-8(4)12-18)9-7(16)6(15)5(3-14)19-9/h2,5-7,9,14-16,18H,3H2,1H3,(H,11,12,17)/t5-,6+,7?,9-/m1/s1. The number of aromatic nitrogens is 2. The van der Waals surface area contributed by atoms with Crippen molar-refractivity contribution < 1.29 is 25.3 Å². The van der Waals surface area contributed by atoms with E-state index in [-0.39, 0.29) is 5.82 Å². The van der Waals surface area contributed by atoms with Crippen LogP contribution in [-0.4, -0.2) is 55.0 Å². The monoisotopic (exact) mass is 273 g/mol. The van der Waals surface area contributed by atoms with E-state index >= 15 is 0 Å². The second-order valence-electron chi connectivity index (χ2n) is 4.30. The smallest absolute Gasteiger partial charge is 0.351 e. The van der Waals surface area contributed by atoms with Gasteiger partial charge in [-0.3, -0.25) is 15.3 Å². The number of ether oxygens (including phenoxy) is 1. The Kier molecular flexibility index (Phi) is 3.83. The highest BCUT2D eigenvalue weighted by Gasteiger charge is 2.43. The third-order valence-corrected chi connectivity index (χ3v) is 3.03. The van der Waals surface area contributed by atoms with Crippen LogP contribution in [0.1, 0.15) is 11.8 Å². The summed E-state index contributed by atoms with van der Waals surface area (Å²) in [6.07, 6.45) is -3.43. The van der Waals surface area contributed by atoms with Gasteiger partial charge in [-0.2, -0.15) is 4.98 Å². The number of hydrogen-bond acceptors (Lipinski definition) is 8. The third-order valence-electron chi connectivity index (χ3n) is 3.03. The minimum absolute atomic E-state index is 0.00649. The van der Waals surface area contributed by atoms with Gasteiger partial charge < -0.3 is 20.1 Å². The van der Waals surface area contributed by atoms with Gasteiger partial charge in [0.25, 0.3) is 0 Å². The van der Waals surface area contributed by atoms with Gasteiger partial charge in [0.2, 0.25) is 0 Å². The van der Waals surface area contributed by atoms with Crippen LogP contribution in [0.3, 0.4) is 0 Å². The molecule has 5 N–H and O–H groups in total. The zero-order valence-corrected chi connectivity index (χ0v) is 10.1. The van der Waals surface area contributed by atoms with Crippen molar-refractivity contribution in [1.29, 1.82) is 0 Å². The molecule has 0 aromatic carbocycles. The number of aryl methyl sites for hydroxylation is 1. The number of anilines is 1. The second kappa shape index (κ2) is 5.23. The number of hydrogen-bond donors (Lipinski definition) is 5. The quantitative estimate of drug-likeness (QED) is 0.397. The maximum atomic E-state index is 11.8.